The molecule has 0 radical (unpaired) electrons. The van der Waals surface area contributed by atoms with E-state index in [1.54, 1.807) is 6.20 Å². The predicted octanol–water partition coefficient (Wildman–Crippen LogP) is 1.84. The summed E-state index contributed by atoms with van der Waals surface area (Å²) in [4.78, 5) is 6.51. The summed E-state index contributed by atoms with van der Waals surface area (Å²) in [6.45, 7) is 5.58. The van der Waals surface area contributed by atoms with Crippen LogP contribution in [-0.4, -0.2) is 35.4 Å². The molecule has 2 rings (SSSR count). The lowest BCUT2D eigenvalue weighted by atomic mass is 10.2. The summed E-state index contributed by atoms with van der Waals surface area (Å²) in [6.07, 6.45) is 1.79. The summed E-state index contributed by atoms with van der Waals surface area (Å²) < 4.78 is 5.58. The minimum atomic E-state index is -0.0668. The SMILES string of the molecule is CC1CN(c2cc(CO)c(Cl)cn2)C(C)CO1. The third kappa shape index (κ3) is 2.70. The quantitative estimate of drug-likeness (QED) is 0.877. The number of rotatable bonds is 2. The lowest BCUT2D eigenvalue weighted by Gasteiger charge is -2.37. The second-order valence-corrected chi connectivity index (χ2v) is 4.84. The Hall–Kier alpha value is -0.840. The van der Waals surface area contributed by atoms with E-state index in [1.165, 1.54) is 0 Å². The molecule has 4 nitrogen and oxygen atoms in total. The first-order valence-electron chi connectivity index (χ1n) is 5.75. The highest BCUT2D eigenvalue weighted by molar-refractivity contribution is 6.31. The van der Waals surface area contributed by atoms with Crippen LogP contribution in [0.3, 0.4) is 0 Å². The summed E-state index contributed by atoms with van der Waals surface area (Å²) in [5.74, 6) is 0.848. The number of hydrogen-bond donors (Lipinski definition) is 1. The Kier molecular flexibility index (Phi) is 3.86. The molecule has 5 heteroatoms. The topological polar surface area (TPSA) is 45.6 Å². The van der Waals surface area contributed by atoms with Gasteiger partial charge in [0.15, 0.2) is 0 Å². The second-order valence-electron chi connectivity index (χ2n) is 4.44. The number of halogens is 1. The van der Waals surface area contributed by atoms with Gasteiger partial charge in [-0.25, -0.2) is 4.98 Å². The van der Waals surface area contributed by atoms with Crippen LogP contribution < -0.4 is 4.90 Å². The lowest BCUT2D eigenvalue weighted by Crippen LogP contribution is -2.47. The van der Waals surface area contributed by atoms with E-state index in [0.717, 1.165) is 12.4 Å². The van der Waals surface area contributed by atoms with Gasteiger partial charge in [0.05, 0.1) is 30.4 Å². The van der Waals surface area contributed by atoms with Crippen molar-refractivity contribution >= 4 is 17.4 Å². The van der Waals surface area contributed by atoms with Crippen molar-refractivity contribution in [1.82, 2.24) is 4.98 Å². The van der Waals surface area contributed by atoms with E-state index in [4.69, 9.17) is 16.3 Å². The van der Waals surface area contributed by atoms with Gasteiger partial charge in [-0.1, -0.05) is 11.6 Å². The monoisotopic (exact) mass is 256 g/mol. The van der Waals surface area contributed by atoms with Crippen LogP contribution >= 0.6 is 11.6 Å². The molecular weight excluding hydrogens is 240 g/mol. The Balaban J connectivity index is 2.26. The molecule has 1 aromatic heterocycles. The smallest absolute Gasteiger partial charge is 0.129 e. The maximum atomic E-state index is 9.20. The van der Waals surface area contributed by atoms with Gasteiger partial charge >= 0.3 is 0 Å². The van der Waals surface area contributed by atoms with E-state index < -0.39 is 0 Å². The molecule has 0 amide bonds. The number of anilines is 1. The number of nitrogens with zero attached hydrogens (tertiary/aromatic N) is 2. The number of hydrogen-bond acceptors (Lipinski definition) is 4. The Morgan fingerprint density at radius 3 is 3.06 bits per heavy atom. The van der Waals surface area contributed by atoms with Crippen LogP contribution in [-0.2, 0) is 11.3 Å². The van der Waals surface area contributed by atoms with Crippen LogP contribution in [0.1, 0.15) is 19.4 Å². The molecule has 1 N–H and O–H groups in total. The number of aliphatic hydroxyl groups excluding tert-OH is 1. The summed E-state index contributed by atoms with van der Waals surface area (Å²) in [7, 11) is 0. The summed E-state index contributed by atoms with van der Waals surface area (Å²) in [5, 5.41) is 9.71. The van der Waals surface area contributed by atoms with Gasteiger partial charge in [0.2, 0.25) is 0 Å². The second kappa shape index (κ2) is 5.21. The van der Waals surface area contributed by atoms with Gasteiger partial charge in [0.25, 0.3) is 0 Å². The van der Waals surface area contributed by atoms with Crippen molar-refractivity contribution in [1.29, 1.82) is 0 Å². The molecular formula is C12H17ClN2O2. The van der Waals surface area contributed by atoms with Crippen molar-refractivity contribution in [3.05, 3.63) is 22.8 Å². The molecule has 1 saturated heterocycles. The molecule has 2 heterocycles. The van der Waals surface area contributed by atoms with Crippen LogP contribution in [0.2, 0.25) is 5.02 Å². The molecule has 0 saturated carbocycles. The summed E-state index contributed by atoms with van der Waals surface area (Å²) in [6, 6.07) is 2.13. The first kappa shape index (κ1) is 12.6. The fraction of sp³-hybridized carbons (Fsp3) is 0.583. The van der Waals surface area contributed by atoms with Gasteiger partial charge < -0.3 is 14.7 Å². The number of ether oxygens (including phenoxy) is 1. The maximum absolute atomic E-state index is 9.20. The Morgan fingerprint density at radius 1 is 1.59 bits per heavy atom. The molecule has 0 aliphatic carbocycles. The number of pyridine rings is 1. The summed E-state index contributed by atoms with van der Waals surface area (Å²) >= 11 is 5.93. The van der Waals surface area contributed by atoms with E-state index in [-0.39, 0.29) is 18.8 Å². The van der Waals surface area contributed by atoms with Crippen LogP contribution in [0, 0.1) is 0 Å². The average Bonchev–Trinajstić information content (AvgIpc) is 2.33. The van der Waals surface area contributed by atoms with Gasteiger partial charge in [0, 0.05) is 18.3 Å². The zero-order valence-electron chi connectivity index (χ0n) is 10.1. The molecule has 0 aromatic carbocycles. The normalized spacial score (nSPS) is 25.1. The molecule has 1 aromatic rings. The largest absolute Gasteiger partial charge is 0.392 e. The van der Waals surface area contributed by atoms with Crippen LogP contribution in [0.15, 0.2) is 12.3 Å². The van der Waals surface area contributed by atoms with E-state index in [0.29, 0.717) is 17.2 Å². The zero-order chi connectivity index (χ0) is 12.4. The van der Waals surface area contributed by atoms with E-state index in [2.05, 4.69) is 16.8 Å². The average molecular weight is 257 g/mol. The van der Waals surface area contributed by atoms with Gasteiger partial charge in [-0.15, -0.1) is 0 Å². The van der Waals surface area contributed by atoms with Gasteiger partial charge in [-0.05, 0) is 19.9 Å². The minimum absolute atomic E-state index is 0.0668. The molecule has 1 aliphatic rings. The molecule has 0 spiro atoms. The summed E-state index contributed by atoms with van der Waals surface area (Å²) in [5.41, 5.74) is 0.711. The highest BCUT2D eigenvalue weighted by Gasteiger charge is 2.24. The lowest BCUT2D eigenvalue weighted by molar-refractivity contribution is 0.0340. The fourth-order valence-electron chi connectivity index (χ4n) is 1.97. The van der Waals surface area contributed by atoms with Crippen molar-refractivity contribution in [3.8, 4) is 0 Å². The zero-order valence-corrected chi connectivity index (χ0v) is 10.8. The first-order valence-corrected chi connectivity index (χ1v) is 6.13. The Labute approximate surface area is 106 Å². The highest BCUT2D eigenvalue weighted by atomic mass is 35.5. The Bertz CT molecular complexity index is 400. The van der Waals surface area contributed by atoms with Crippen molar-refractivity contribution in [2.24, 2.45) is 0 Å². The van der Waals surface area contributed by atoms with Crippen molar-refractivity contribution in [2.75, 3.05) is 18.1 Å². The van der Waals surface area contributed by atoms with E-state index in [9.17, 15) is 5.11 Å². The third-order valence-electron chi connectivity index (χ3n) is 2.99. The van der Waals surface area contributed by atoms with Gasteiger partial charge in [-0.2, -0.15) is 0 Å². The number of morpholine rings is 1. The standard InChI is InChI=1S/C12H17ClN2O2/c1-8-7-17-9(2)5-15(8)12-3-10(6-16)11(13)4-14-12/h3-4,8-9,16H,5-7H2,1-2H3. The number of aromatic nitrogens is 1. The predicted molar refractivity (Wildman–Crippen MR) is 67.4 cm³/mol. The van der Waals surface area contributed by atoms with Gasteiger partial charge in [-0.3, -0.25) is 0 Å². The Morgan fingerprint density at radius 2 is 2.35 bits per heavy atom. The van der Waals surface area contributed by atoms with Crippen molar-refractivity contribution < 1.29 is 9.84 Å². The first-order chi connectivity index (χ1) is 8.11. The van der Waals surface area contributed by atoms with Crippen LogP contribution in [0.4, 0.5) is 5.82 Å². The molecule has 1 aliphatic heterocycles. The van der Waals surface area contributed by atoms with E-state index >= 15 is 0 Å². The van der Waals surface area contributed by atoms with Crippen molar-refractivity contribution in [2.45, 2.75) is 32.6 Å². The molecule has 2 atom stereocenters. The molecule has 94 valence electrons. The minimum Gasteiger partial charge on any atom is -0.392 e. The van der Waals surface area contributed by atoms with Crippen LogP contribution in [0.25, 0.3) is 0 Å². The van der Waals surface area contributed by atoms with Crippen molar-refractivity contribution in [3.63, 3.8) is 0 Å². The van der Waals surface area contributed by atoms with Gasteiger partial charge in [0.1, 0.15) is 5.82 Å². The highest BCUT2D eigenvalue weighted by Crippen LogP contribution is 2.24. The number of aliphatic hydroxyl groups is 1. The third-order valence-corrected chi connectivity index (χ3v) is 3.33. The van der Waals surface area contributed by atoms with Crippen LogP contribution in [0.5, 0.6) is 0 Å². The molecule has 0 bridgehead atoms. The van der Waals surface area contributed by atoms with E-state index in [1.807, 2.05) is 13.0 Å². The molecule has 1 fully saturated rings. The maximum Gasteiger partial charge on any atom is 0.129 e. The molecule has 2 unspecified atom stereocenters. The molecule has 17 heavy (non-hydrogen) atoms. The fourth-order valence-corrected chi connectivity index (χ4v) is 2.13.